The maximum Gasteiger partial charge on any atom is 0.263 e. The smallest absolute Gasteiger partial charge is 0.263 e. The van der Waals surface area contributed by atoms with Crippen LogP contribution in [-0.4, -0.2) is 46.8 Å². The highest BCUT2D eigenvalue weighted by Gasteiger charge is 2.35. The largest absolute Gasteiger partial charge is 0.327 e. The summed E-state index contributed by atoms with van der Waals surface area (Å²) in [6.07, 6.45) is 0.670. The van der Waals surface area contributed by atoms with Crippen molar-refractivity contribution in [1.82, 2.24) is 19.3 Å². The van der Waals surface area contributed by atoms with Crippen molar-refractivity contribution in [3.63, 3.8) is 0 Å². The average Bonchev–Trinajstić information content (AvgIpc) is 2.62. The Morgan fingerprint density at radius 1 is 1.50 bits per heavy atom. The number of halogens is 1. The maximum atomic E-state index is 12.5. The highest BCUT2D eigenvalue weighted by atomic mass is 79.9. The van der Waals surface area contributed by atoms with Crippen molar-refractivity contribution in [1.29, 1.82) is 0 Å². The highest BCUT2D eigenvalue weighted by molar-refractivity contribution is 9.10. The van der Waals surface area contributed by atoms with E-state index >= 15 is 0 Å². The second-order valence-electron chi connectivity index (χ2n) is 4.60. The zero-order valence-corrected chi connectivity index (χ0v) is 12.6. The van der Waals surface area contributed by atoms with Crippen LogP contribution in [0.15, 0.2) is 9.63 Å². The molecular formula is C9H16BrN5O2S. The third kappa shape index (κ3) is 2.31. The van der Waals surface area contributed by atoms with Crippen molar-refractivity contribution >= 4 is 26.0 Å². The van der Waals surface area contributed by atoms with Gasteiger partial charge in [0, 0.05) is 26.2 Å². The molecule has 2 atom stereocenters. The van der Waals surface area contributed by atoms with Gasteiger partial charge in [-0.25, -0.2) is 13.1 Å². The van der Waals surface area contributed by atoms with Crippen LogP contribution in [0.1, 0.15) is 13.3 Å². The Hall–Kier alpha value is -0.510. The average molecular weight is 338 g/mol. The van der Waals surface area contributed by atoms with Crippen molar-refractivity contribution in [2.75, 3.05) is 13.1 Å². The number of nitrogens with two attached hydrogens (primary N) is 1. The molecule has 18 heavy (non-hydrogen) atoms. The lowest BCUT2D eigenvalue weighted by Gasteiger charge is -2.33. The zero-order valence-electron chi connectivity index (χ0n) is 10.2. The van der Waals surface area contributed by atoms with Crippen LogP contribution in [0.3, 0.4) is 0 Å². The lowest BCUT2D eigenvalue weighted by molar-refractivity contribution is 0.249. The van der Waals surface area contributed by atoms with E-state index in [-0.39, 0.29) is 21.6 Å². The molecule has 7 nitrogen and oxygen atoms in total. The summed E-state index contributed by atoms with van der Waals surface area (Å²) >= 11 is 3.12. The number of rotatable bonds is 2. The van der Waals surface area contributed by atoms with E-state index < -0.39 is 10.0 Å². The Bertz CT molecular complexity index is 524. The molecule has 2 heterocycles. The van der Waals surface area contributed by atoms with Crippen molar-refractivity contribution in [2.45, 2.75) is 24.4 Å². The van der Waals surface area contributed by atoms with Crippen molar-refractivity contribution in [2.24, 2.45) is 18.7 Å². The lowest BCUT2D eigenvalue weighted by atomic mass is 9.96. The van der Waals surface area contributed by atoms with Gasteiger partial charge >= 0.3 is 0 Å². The summed E-state index contributed by atoms with van der Waals surface area (Å²) in [5, 5.41) is 7.50. The van der Waals surface area contributed by atoms with Gasteiger partial charge in [-0.15, -0.1) is 5.10 Å². The predicted molar refractivity (Wildman–Crippen MR) is 69.2 cm³/mol. The standard InChI is InChI=1S/C9H16BrN5O2S/c1-6-5-15(4-3-7(6)11)18(16,17)9-8(10)12-13-14(9)2/h6-7H,3-5,11H2,1-2H3. The number of aromatic nitrogens is 3. The molecule has 1 aliphatic heterocycles. The SMILES string of the molecule is CC1CN(S(=O)(=O)c2c(Br)nnn2C)CCC1N. The predicted octanol–water partition coefficient (Wildman–Crippen LogP) is -0.0646. The summed E-state index contributed by atoms with van der Waals surface area (Å²) in [6.45, 7) is 2.83. The van der Waals surface area contributed by atoms with Crippen molar-refractivity contribution in [3.05, 3.63) is 4.60 Å². The van der Waals surface area contributed by atoms with E-state index in [9.17, 15) is 8.42 Å². The Balaban J connectivity index is 2.33. The van der Waals surface area contributed by atoms with E-state index in [1.54, 1.807) is 7.05 Å². The first-order valence-corrected chi connectivity index (χ1v) is 7.88. The number of piperidine rings is 1. The van der Waals surface area contributed by atoms with Crippen LogP contribution < -0.4 is 5.73 Å². The van der Waals surface area contributed by atoms with Gasteiger partial charge < -0.3 is 5.73 Å². The molecule has 1 aromatic rings. The number of sulfonamides is 1. The second-order valence-corrected chi connectivity index (χ2v) is 7.21. The minimum atomic E-state index is -3.57. The van der Waals surface area contributed by atoms with Crippen LogP contribution in [0, 0.1) is 5.92 Å². The molecule has 1 fully saturated rings. The number of hydrogen-bond acceptors (Lipinski definition) is 5. The zero-order chi connectivity index (χ0) is 13.5. The van der Waals surface area contributed by atoms with Gasteiger partial charge in [0.05, 0.1) is 0 Å². The van der Waals surface area contributed by atoms with Gasteiger partial charge in [-0.1, -0.05) is 12.1 Å². The van der Waals surface area contributed by atoms with Gasteiger partial charge in [-0.05, 0) is 28.3 Å². The summed E-state index contributed by atoms with van der Waals surface area (Å²) in [5.74, 6) is 0.147. The molecule has 0 bridgehead atoms. The van der Waals surface area contributed by atoms with Crippen LogP contribution in [0.25, 0.3) is 0 Å². The molecule has 0 radical (unpaired) electrons. The van der Waals surface area contributed by atoms with Gasteiger partial charge in [-0.2, -0.15) is 4.31 Å². The van der Waals surface area contributed by atoms with Gasteiger partial charge in [0.2, 0.25) is 5.03 Å². The highest BCUT2D eigenvalue weighted by Crippen LogP contribution is 2.26. The molecule has 2 rings (SSSR count). The van der Waals surface area contributed by atoms with Crippen LogP contribution in [0.2, 0.25) is 0 Å². The van der Waals surface area contributed by atoms with Crippen molar-refractivity contribution in [3.8, 4) is 0 Å². The van der Waals surface area contributed by atoms with E-state index in [0.717, 1.165) is 0 Å². The van der Waals surface area contributed by atoms with Crippen LogP contribution in [0.4, 0.5) is 0 Å². The first-order chi connectivity index (χ1) is 8.34. The van der Waals surface area contributed by atoms with Gasteiger partial charge in [-0.3, -0.25) is 0 Å². The van der Waals surface area contributed by atoms with E-state index in [1.165, 1.54) is 8.99 Å². The molecule has 0 amide bonds. The fraction of sp³-hybridized carbons (Fsp3) is 0.778. The van der Waals surface area contributed by atoms with Gasteiger partial charge in [0.15, 0.2) is 4.60 Å². The molecule has 1 aliphatic rings. The third-order valence-corrected chi connectivity index (χ3v) is 6.01. The topological polar surface area (TPSA) is 94.1 Å². The Labute approximate surface area is 115 Å². The molecule has 1 aromatic heterocycles. The van der Waals surface area contributed by atoms with Gasteiger partial charge in [0.25, 0.3) is 10.0 Å². The van der Waals surface area contributed by atoms with E-state index in [2.05, 4.69) is 26.2 Å². The number of nitrogens with zero attached hydrogens (tertiary/aromatic N) is 4. The van der Waals surface area contributed by atoms with E-state index in [1.807, 2.05) is 6.92 Å². The Morgan fingerprint density at radius 3 is 2.67 bits per heavy atom. The monoisotopic (exact) mass is 337 g/mol. The first-order valence-electron chi connectivity index (χ1n) is 5.65. The molecule has 0 aliphatic carbocycles. The minimum absolute atomic E-state index is 0.0598. The molecule has 102 valence electrons. The molecular weight excluding hydrogens is 322 g/mol. The molecule has 2 unspecified atom stereocenters. The lowest BCUT2D eigenvalue weighted by Crippen LogP contribution is -2.48. The molecule has 0 aromatic carbocycles. The number of hydrogen-bond donors (Lipinski definition) is 1. The Kier molecular flexibility index (Phi) is 3.77. The Morgan fingerprint density at radius 2 is 2.17 bits per heavy atom. The van der Waals surface area contributed by atoms with E-state index in [4.69, 9.17) is 5.73 Å². The fourth-order valence-electron chi connectivity index (χ4n) is 2.06. The normalized spacial score (nSPS) is 26.4. The molecule has 2 N–H and O–H groups in total. The van der Waals surface area contributed by atoms with Crippen molar-refractivity contribution < 1.29 is 8.42 Å². The fourth-order valence-corrected chi connectivity index (χ4v) is 4.65. The second kappa shape index (κ2) is 4.87. The summed E-state index contributed by atoms with van der Waals surface area (Å²) in [4.78, 5) is 0. The first kappa shape index (κ1) is 13.9. The molecule has 1 saturated heterocycles. The number of aryl methyl sites for hydroxylation is 1. The molecule has 0 saturated carbocycles. The third-order valence-electron chi connectivity index (χ3n) is 3.26. The summed E-state index contributed by atoms with van der Waals surface area (Å²) < 4.78 is 27.9. The summed E-state index contributed by atoms with van der Waals surface area (Å²) in [5.41, 5.74) is 5.90. The van der Waals surface area contributed by atoms with Gasteiger partial charge in [0.1, 0.15) is 0 Å². The van der Waals surface area contributed by atoms with Crippen LogP contribution in [-0.2, 0) is 17.1 Å². The quantitative estimate of drug-likeness (QED) is 0.815. The summed E-state index contributed by atoms with van der Waals surface area (Å²) in [6, 6.07) is 0.0598. The van der Waals surface area contributed by atoms with Crippen LogP contribution in [0.5, 0.6) is 0 Å². The van der Waals surface area contributed by atoms with E-state index in [0.29, 0.717) is 19.5 Å². The summed E-state index contributed by atoms with van der Waals surface area (Å²) in [7, 11) is -2.01. The maximum absolute atomic E-state index is 12.5. The minimum Gasteiger partial charge on any atom is -0.327 e. The van der Waals surface area contributed by atoms with Crippen LogP contribution >= 0.6 is 15.9 Å². The molecule has 0 spiro atoms. The molecule has 9 heteroatoms.